The van der Waals surface area contributed by atoms with Crippen molar-refractivity contribution < 1.29 is 8.42 Å². The molecule has 5 heteroatoms. The first-order valence-electron chi connectivity index (χ1n) is 6.08. The lowest BCUT2D eigenvalue weighted by atomic mass is 9.94. The molecule has 0 N–H and O–H groups in total. The van der Waals surface area contributed by atoms with E-state index >= 15 is 0 Å². The number of hydrogen-bond donors (Lipinski definition) is 0. The predicted molar refractivity (Wildman–Crippen MR) is 67.8 cm³/mol. The van der Waals surface area contributed by atoms with Crippen LogP contribution in [0.15, 0.2) is 6.33 Å². The van der Waals surface area contributed by atoms with Crippen LogP contribution in [0.3, 0.4) is 0 Å². The minimum atomic E-state index is -2.91. The summed E-state index contributed by atoms with van der Waals surface area (Å²) in [4.78, 5) is 4.29. The fraction of sp³-hybridized carbons (Fsp3) is 0.750. The summed E-state index contributed by atoms with van der Waals surface area (Å²) in [6.07, 6.45) is 6.78. The van der Waals surface area contributed by atoms with E-state index in [4.69, 9.17) is 0 Å². The van der Waals surface area contributed by atoms with Gasteiger partial charge in [-0.05, 0) is 33.1 Å². The van der Waals surface area contributed by atoms with Gasteiger partial charge in [0.05, 0.1) is 17.3 Å². The van der Waals surface area contributed by atoms with Crippen LogP contribution in [0.4, 0.5) is 0 Å². The van der Waals surface area contributed by atoms with Crippen LogP contribution in [0.5, 0.6) is 0 Å². The molecule has 0 amide bonds. The Labute approximate surface area is 103 Å². The smallest absolute Gasteiger partial charge is 0.150 e. The first-order valence-corrected chi connectivity index (χ1v) is 8.04. The highest BCUT2D eigenvalue weighted by Crippen LogP contribution is 2.32. The van der Waals surface area contributed by atoms with E-state index in [-0.39, 0.29) is 5.25 Å². The van der Waals surface area contributed by atoms with Crippen LogP contribution >= 0.6 is 0 Å². The van der Waals surface area contributed by atoms with Crippen molar-refractivity contribution in [2.45, 2.75) is 50.8 Å². The standard InChI is InChI=1S/C12H20N2O2S/c1-9-10(2)14(8-13-9)11-5-4-6-12(7-11)17(3,15)16/h8,11-12H,4-7H2,1-3H3. The van der Waals surface area contributed by atoms with E-state index in [1.165, 1.54) is 6.26 Å². The van der Waals surface area contributed by atoms with Crippen molar-refractivity contribution >= 4 is 9.84 Å². The Hall–Kier alpha value is -0.840. The Kier molecular flexibility index (Phi) is 3.30. The molecule has 2 atom stereocenters. The lowest BCUT2D eigenvalue weighted by Crippen LogP contribution is -2.29. The molecule has 0 bridgehead atoms. The molecule has 2 rings (SSSR count). The van der Waals surface area contributed by atoms with Gasteiger partial charge in [-0.15, -0.1) is 0 Å². The fourth-order valence-electron chi connectivity index (χ4n) is 2.65. The number of sulfone groups is 1. The number of aromatic nitrogens is 2. The van der Waals surface area contributed by atoms with Crippen molar-refractivity contribution in [3.8, 4) is 0 Å². The van der Waals surface area contributed by atoms with Crippen LogP contribution in [0.1, 0.15) is 43.1 Å². The van der Waals surface area contributed by atoms with Gasteiger partial charge < -0.3 is 4.57 Å². The molecule has 1 saturated carbocycles. The van der Waals surface area contributed by atoms with E-state index in [0.29, 0.717) is 6.04 Å². The highest BCUT2D eigenvalue weighted by atomic mass is 32.2. The van der Waals surface area contributed by atoms with E-state index in [1.54, 1.807) is 0 Å². The largest absolute Gasteiger partial charge is 0.332 e. The number of hydrogen-bond acceptors (Lipinski definition) is 3. The number of imidazole rings is 1. The molecular formula is C12H20N2O2S. The van der Waals surface area contributed by atoms with Gasteiger partial charge in [0.25, 0.3) is 0 Å². The summed E-state index contributed by atoms with van der Waals surface area (Å²) in [6, 6.07) is 0.296. The third-order valence-corrected chi connectivity index (χ3v) is 5.52. The Bertz CT molecular complexity index is 505. The molecule has 1 aliphatic carbocycles. The lowest BCUT2D eigenvalue weighted by molar-refractivity contribution is 0.348. The van der Waals surface area contributed by atoms with Crippen molar-refractivity contribution in [2.24, 2.45) is 0 Å². The number of aryl methyl sites for hydroxylation is 1. The summed E-state index contributed by atoms with van der Waals surface area (Å²) in [6.45, 7) is 4.04. The van der Waals surface area contributed by atoms with Gasteiger partial charge in [0, 0.05) is 18.0 Å². The van der Waals surface area contributed by atoms with Gasteiger partial charge in [-0.3, -0.25) is 0 Å². The minimum Gasteiger partial charge on any atom is -0.332 e. The first-order chi connectivity index (χ1) is 7.89. The summed E-state index contributed by atoms with van der Waals surface area (Å²) >= 11 is 0. The van der Waals surface area contributed by atoms with Crippen molar-refractivity contribution in [1.82, 2.24) is 9.55 Å². The summed E-state index contributed by atoms with van der Waals surface area (Å²) < 4.78 is 25.4. The SMILES string of the molecule is Cc1ncn(C2CCCC(S(C)(=O)=O)C2)c1C. The molecular weight excluding hydrogens is 236 g/mol. The van der Waals surface area contributed by atoms with Crippen LogP contribution < -0.4 is 0 Å². The zero-order chi connectivity index (χ0) is 12.6. The van der Waals surface area contributed by atoms with Gasteiger partial charge in [-0.1, -0.05) is 6.42 Å². The summed E-state index contributed by atoms with van der Waals surface area (Å²) in [5.74, 6) is 0. The zero-order valence-corrected chi connectivity index (χ0v) is 11.5. The van der Waals surface area contributed by atoms with E-state index in [0.717, 1.165) is 37.1 Å². The third kappa shape index (κ3) is 2.54. The average Bonchev–Trinajstić information content (AvgIpc) is 2.59. The molecule has 17 heavy (non-hydrogen) atoms. The maximum Gasteiger partial charge on any atom is 0.150 e. The lowest BCUT2D eigenvalue weighted by Gasteiger charge is -2.29. The maximum atomic E-state index is 11.6. The second-order valence-electron chi connectivity index (χ2n) is 5.09. The monoisotopic (exact) mass is 256 g/mol. The molecule has 0 aliphatic heterocycles. The van der Waals surface area contributed by atoms with E-state index < -0.39 is 9.84 Å². The molecule has 96 valence electrons. The van der Waals surface area contributed by atoms with E-state index in [2.05, 4.69) is 9.55 Å². The molecule has 1 aromatic rings. The van der Waals surface area contributed by atoms with Crippen molar-refractivity contribution in [2.75, 3.05) is 6.26 Å². The van der Waals surface area contributed by atoms with Crippen LogP contribution in [0.25, 0.3) is 0 Å². The molecule has 2 unspecified atom stereocenters. The van der Waals surface area contributed by atoms with Gasteiger partial charge in [0.1, 0.15) is 9.84 Å². The predicted octanol–water partition coefficient (Wildman–Crippen LogP) is 2.03. The molecule has 0 aromatic carbocycles. The normalized spacial score (nSPS) is 26.1. The molecule has 1 fully saturated rings. The molecule has 0 saturated heterocycles. The molecule has 1 aromatic heterocycles. The minimum absolute atomic E-state index is 0.177. The molecule has 1 heterocycles. The third-order valence-electron chi connectivity index (χ3n) is 3.88. The van der Waals surface area contributed by atoms with E-state index in [1.807, 2.05) is 20.2 Å². The maximum absolute atomic E-state index is 11.6. The van der Waals surface area contributed by atoms with Gasteiger partial charge in [0.15, 0.2) is 0 Å². The van der Waals surface area contributed by atoms with Crippen LogP contribution in [-0.2, 0) is 9.84 Å². The quantitative estimate of drug-likeness (QED) is 0.813. The van der Waals surface area contributed by atoms with Gasteiger partial charge in [-0.25, -0.2) is 13.4 Å². The first kappa shape index (κ1) is 12.6. The summed E-state index contributed by atoms with van der Waals surface area (Å²) in [5.41, 5.74) is 2.19. The van der Waals surface area contributed by atoms with Gasteiger partial charge >= 0.3 is 0 Å². The van der Waals surface area contributed by atoms with Gasteiger partial charge in [-0.2, -0.15) is 0 Å². The molecule has 0 spiro atoms. The average molecular weight is 256 g/mol. The molecule has 4 nitrogen and oxygen atoms in total. The Morgan fingerprint density at radius 1 is 1.35 bits per heavy atom. The molecule has 1 aliphatic rings. The highest BCUT2D eigenvalue weighted by molar-refractivity contribution is 7.91. The van der Waals surface area contributed by atoms with E-state index in [9.17, 15) is 8.42 Å². The second kappa shape index (κ2) is 4.44. The number of rotatable bonds is 2. The summed E-state index contributed by atoms with van der Waals surface area (Å²) in [7, 11) is -2.91. The summed E-state index contributed by atoms with van der Waals surface area (Å²) in [5, 5.41) is -0.177. The Morgan fingerprint density at radius 2 is 2.06 bits per heavy atom. The van der Waals surface area contributed by atoms with Crippen LogP contribution in [0, 0.1) is 13.8 Å². The Balaban J connectivity index is 2.21. The van der Waals surface area contributed by atoms with Crippen LogP contribution in [-0.4, -0.2) is 29.5 Å². The van der Waals surface area contributed by atoms with Crippen molar-refractivity contribution in [3.05, 3.63) is 17.7 Å². The Morgan fingerprint density at radius 3 is 2.59 bits per heavy atom. The second-order valence-corrected chi connectivity index (χ2v) is 7.42. The van der Waals surface area contributed by atoms with Crippen molar-refractivity contribution in [3.63, 3.8) is 0 Å². The number of nitrogens with zero attached hydrogens (tertiary/aromatic N) is 2. The highest BCUT2D eigenvalue weighted by Gasteiger charge is 2.30. The molecule has 0 radical (unpaired) electrons. The van der Waals surface area contributed by atoms with Crippen molar-refractivity contribution in [1.29, 1.82) is 0 Å². The fourth-order valence-corrected chi connectivity index (χ4v) is 3.81. The zero-order valence-electron chi connectivity index (χ0n) is 10.7. The van der Waals surface area contributed by atoms with Gasteiger partial charge in [0.2, 0.25) is 0 Å². The topological polar surface area (TPSA) is 52.0 Å². The van der Waals surface area contributed by atoms with Crippen LogP contribution in [0.2, 0.25) is 0 Å².